The molecule has 2 rings (SSSR count). The van der Waals surface area contributed by atoms with Crippen molar-refractivity contribution in [1.82, 2.24) is 4.90 Å². The van der Waals surface area contributed by atoms with Gasteiger partial charge in [0.15, 0.2) is 0 Å². The van der Waals surface area contributed by atoms with Crippen LogP contribution in [0.5, 0.6) is 0 Å². The minimum Gasteiger partial charge on any atom is -0.479 e. The highest BCUT2D eigenvalue weighted by molar-refractivity contribution is 7.86. The fourth-order valence-corrected chi connectivity index (χ4v) is 4.03. The van der Waals surface area contributed by atoms with Crippen molar-refractivity contribution in [2.75, 3.05) is 12.8 Å². The van der Waals surface area contributed by atoms with Gasteiger partial charge in [-0.15, -0.1) is 0 Å². The average Bonchev–Trinajstić information content (AvgIpc) is 2.52. The standard InChI is InChI=1S/C19H27NO7S/c1-18(2,3)26-17(23)20-11-10-15(27-28(4,24)25)13-19(20,16(21)22)12-14-8-6-5-7-9-14/h5-9,15H,10-13H2,1-4H3,(H,21,22). The van der Waals surface area contributed by atoms with Gasteiger partial charge in [-0.3, -0.25) is 9.08 Å². The largest absolute Gasteiger partial charge is 0.479 e. The average molecular weight is 413 g/mol. The normalized spacial score (nSPS) is 23.3. The van der Waals surface area contributed by atoms with Crippen molar-refractivity contribution >= 4 is 22.2 Å². The minimum absolute atomic E-state index is 0.00599. The maximum Gasteiger partial charge on any atom is 0.411 e. The Labute approximate surface area is 165 Å². The smallest absolute Gasteiger partial charge is 0.411 e. The van der Waals surface area contributed by atoms with Gasteiger partial charge in [0.05, 0.1) is 12.4 Å². The van der Waals surface area contributed by atoms with Crippen molar-refractivity contribution in [3.05, 3.63) is 35.9 Å². The molecular formula is C19H27NO7S. The highest BCUT2D eigenvalue weighted by Gasteiger charge is 2.52. The molecule has 0 spiro atoms. The Hall–Kier alpha value is -2.13. The van der Waals surface area contributed by atoms with E-state index in [1.54, 1.807) is 51.1 Å². The summed E-state index contributed by atoms with van der Waals surface area (Å²) < 4.78 is 33.6. The Morgan fingerprint density at radius 2 is 1.86 bits per heavy atom. The number of hydrogen-bond acceptors (Lipinski definition) is 6. The molecule has 1 fully saturated rings. The van der Waals surface area contributed by atoms with Gasteiger partial charge >= 0.3 is 12.1 Å². The first-order chi connectivity index (χ1) is 12.8. The number of carboxylic acid groups (broad SMARTS) is 1. The molecule has 1 aromatic carbocycles. The van der Waals surface area contributed by atoms with Crippen LogP contribution in [0.3, 0.4) is 0 Å². The highest BCUT2D eigenvalue weighted by Crippen LogP contribution is 2.35. The van der Waals surface area contributed by atoms with Crippen molar-refractivity contribution in [3.63, 3.8) is 0 Å². The maximum absolute atomic E-state index is 12.8. The summed E-state index contributed by atoms with van der Waals surface area (Å²) in [5, 5.41) is 10.1. The molecule has 28 heavy (non-hydrogen) atoms. The van der Waals surface area contributed by atoms with E-state index in [1.807, 2.05) is 0 Å². The van der Waals surface area contributed by atoms with Crippen molar-refractivity contribution < 1.29 is 32.0 Å². The molecule has 9 heteroatoms. The van der Waals surface area contributed by atoms with Gasteiger partial charge < -0.3 is 9.84 Å². The molecule has 2 atom stereocenters. The zero-order valence-corrected chi connectivity index (χ0v) is 17.4. The van der Waals surface area contributed by atoms with Gasteiger partial charge in [-0.05, 0) is 32.8 Å². The second-order valence-electron chi connectivity index (χ2n) is 8.05. The van der Waals surface area contributed by atoms with E-state index in [-0.39, 0.29) is 25.8 Å². The zero-order valence-electron chi connectivity index (χ0n) is 16.5. The monoisotopic (exact) mass is 413 g/mol. The molecule has 1 aliphatic heterocycles. The number of amides is 1. The zero-order chi connectivity index (χ0) is 21.2. The number of carboxylic acids is 1. The first-order valence-electron chi connectivity index (χ1n) is 8.99. The number of hydrogen-bond donors (Lipinski definition) is 1. The van der Waals surface area contributed by atoms with Crippen LogP contribution in [-0.2, 0) is 30.3 Å². The van der Waals surface area contributed by atoms with Gasteiger partial charge in [-0.25, -0.2) is 9.59 Å². The lowest BCUT2D eigenvalue weighted by Crippen LogP contribution is -2.64. The molecular weight excluding hydrogens is 386 g/mol. The predicted molar refractivity (Wildman–Crippen MR) is 102 cm³/mol. The Bertz CT molecular complexity index is 816. The van der Waals surface area contributed by atoms with Crippen molar-refractivity contribution in [2.24, 2.45) is 0 Å². The molecule has 0 radical (unpaired) electrons. The van der Waals surface area contributed by atoms with E-state index < -0.39 is 39.4 Å². The number of likely N-dealkylation sites (tertiary alicyclic amines) is 1. The second-order valence-corrected chi connectivity index (χ2v) is 9.65. The summed E-state index contributed by atoms with van der Waals surface area (Å²) in [5.41, 5.74) is -1.77. The third kappa shape index (κ3) is 5.68. The van der Waals surface area contributed by atoms with Crippen LogP contribution >= 0.6 is 0 Å². The van der Waals surface area contributed by atoms with E-state index in [0.29, 0.717) is 5.56 Å². The minimum atomic E-state index is -3.77. The molecule has 0 saturated carbocycles. The number of ether oxygens (including phenoxy) is 1. The number of rotatable bonds is 5. The summed E-state index contributed by atoms with van der Waals surface area (Å²) in [6, 6.07) is 8.88. The molecule has 0 bridgehead atoms. The lowest BCUT2D eigenvalue weighted by atomic mass is 9.80. The molecule has 8 nitrogen and oxygen atoms in total. The Morgan fingerprint density at radius 1 is 1.25 bits per heavy atom. The summed E-state index contributed by atoms with van der Waals surface area (Å²) >= 11 is 0. The SMILES string of the molecule is CC(C)(C)OC(=O)N1CCC(OS(C)(=O)=O)CC1(Cc1ccccc1)C(=O)O. The summed E-state index contributed by atoms with van der Waals surface area (Å²) in [7, 11) is -3.77. The van der Waals surface area contributed by atoms with Crippen molar-refractivity contribution in [3.8, 4) is 0 Å². The molecule has 0 aromatic heterocycles. The lowest BCUT2D eigenvalue weighted by Gasteiger charge is -2.46. The highest BCUT2D eigenvalue weighted by atomic mass is 32.2. The number of carbonyl (C=O) groups is 2. The Kier molecular flexibility index (Phi) is 6.40. The van der Waals surface area contributed by atoms with Gasteiger partial charge in [0, 0.05) is 19.4 Å². The Morgan fingerprint density at radius 3 is 2.36 bits per heavy atom. The molecule has 1 N–H and O–H groups in total. The molecule has 1 aliphatic rings. The Balaban J connectivity index is 2.44. The van der Waals surface area contributed by atoms with Crippen molar-refractivity contribution in [2.45, 2.75) is 57.3 Å². The van der Waals surface area contributed by atoms with E-state index in [4.69, 9.17) is 8.92 Å². The van der Waals surface area contributed by atoms with Gasteiger partial charge in [0.25, 0.3) is 10.1 Å². The lowest BCUT2D eigenvalue weighted by molar-refractivity contribution is -0.156. The van der Waals surface area contributed by atoms with E-state index in [0.717, 1.165) is 6.26 Å². The maximum atomic E-state index is 12.8. The van der Waals surface area contributed by atoms with Crippen LogP contribution in [0.4, 0.5) is 4.79 Å². The summed E-state index contributed by atoms with van der Waals surface area (Å²) in [4.78, 5) is 26.4. The molecule has 1 amide bonds. The second kappa shape index (κ2) is 8.08. The van der Waals surface area contributed by atoms with Crippen LogP contribution in [0, 0.1) is 0 Å². The number of piperidine rings is 1. The first kappa shape index (κ1) is 22.2. The van der Waals surface area contributed by atoms with Gasteiger partial charge in [0.1, 0.15) is 11.1 Å². The van der Waals surface area contributed by atoms with Crippen LogP contribution in [0.25, 0.3) is 0 Å². The van der Waals surface area contributed by atoms with Crippen LogP contribution < -0.4 is 0 Å². The predicted octanol–water partition coefficient (Wildman–Crippen LogP) is 2.43. The molecule has 156 valence electrons. The fourth-order valence-electron chi connectivity index (χ4n) is 3.37. The quantitative estimate of drug-likeness (QED) is 0.738. The van der Waals surface area contributed by atoms with Crippen molar-refractivity contribution in [1.29, 1.82) is 0 Å². The molecule has 1 heterocycles. The summed E-state index contributed by atoms with van der Waals surface area (Å²) in [5.74, 6) is -1.23. The molecule has 0 aliphatic carbocycles. The van der Waals surface area contributed by atoms with Crippen LogP contribution in [-0.4, -0.2) is 60.5 Å². The molecule has 1 aromatic rings. The number of carbonyl (C=O) groups excluding carboxylic acids is 1. The number of benzene rings is 1. The third-order valence-corrected chi connectivity index (χ3v) is 5.04. The van der Waals surface area contributed by atoms with Gasteiger partial charge in [-0.2, -0.15) is 8.42 Å². The first-order valence-corrected chi connectivity index (χ1v) is 10.8. The number of nitrogens with zero attached hydrogens (tertiary/aromatic N) is 1. The van der Waals surface area contributed by atoms with Crippen LogP contribution in [0.2, 0.25) is 0 Å². The van der Waals surface area contributed by atoms with E-state index in [9.17, 15) is 23.1 Å². The molecule has 2 unspecified atom stereocenters. The van der Waals surface area contributed by atoms with Gasteiger partial charge in [-0.1, -0.05) is 30.3 Å². The summed E-state index contributed by atoms with van der Waals surface area (Å²) in [6.45, 7) is 5.10. The van der Waals surface area contributed by atoms with Gasteiger partial charge in [0.2, 0.25) is 0 Å². The fraction of sp³-hybridized carbons (Fsp3) is 0.579. The van der Waals surface area contributed by atoms with E-state index in [2.05, 4.69) is 0 Å². The third-order valence-electron chi connectivity index (χ3n) is 4.42. The van der Waals surface area contributed by atoms with E-state index >= 15 is 0 Å². The van der Waals surface area contributed by atoms with E-state index in [1.165, 1.54) is 4.90 Å². The van der Waals surface area contributed by atoms with Crippen LogP contribution in [0.1, 0.15) is 39.2 Å². The van der Waals surface area contributed by atoms with Crippen LogP contribution in [0.15, 0.2) is 30.3 Å². The summed E-state index contributed by atoms with van der Waals surface area (Å²) in [6.07, 6.45) is -0.629. The number of aliphatic carboxylic acids is 1. The molecule has 1 saturated heterocycles. The topological polar surface area (TPSA) is 110 Å².